The molecular weight excluding hydrogens is 364 g/mol. The third-order valence-corrected chi connectivity index (χ3v) is 5.77. The zero-order valence-corrected chi connectivity index (χ0v) is 17.3. The number of aromatic amines is 1. The van der Waals surface area contributed by atoms with Crippen molar-refractivity contribution in [2.45, 2.75) is 45.6 Å². The summed E-state index contributed by atoms with van der Waals surface area (Å²) in [5, 5.41) is 5.63. The van der Waals surface area contributed by atoms with Gasteiger partial charge in [0.05, 0.1) is 5.69 Å². The lowest BCUT2D eigenvalue weighted by atomic mass is 9.92. The van der Waals surface area contributed by atoms with Gasteiger partial charge in [-0.1, -0.05) is 20.8 Å². The highest BCUT2D eigenvalue weighted by atomic mass is 16.2. The van der Waals surface area contributed by atoms with Crippen LogP contribution in [0.25, 0.3) is 10.9 Å². The molecule has 0 aliphatic carbocycles. The average molecular weight is 393 g/mol. The molecule has 0 spiro atoms. The maximum Gasteiger partial charge on any atom is 0.266 e. The Morgan fingerprint density at radius 1 is 1.14 bits per heavy atom. The number of rotatable bonds is 3. The number of hydrogen-bond acceptors (Lipinski definition) is 3. The molecule has 1 aliphatic rings. The topological polar surface area (TPSA) is 71.0 Å². The van der Waals surface area contributed by atoms with E-state index in [1.165, 1.54) is 0 Å². The summed E-state index contributed by atoms with van der Waals surface area (Å²) in [6.07, 6.45) is 3.65. The third-order valence-electron chi connectivity index (χ3n) is 5.77. The molecule has 1 amide bonds. The van der Waals surface area contributed by atoms with Gasteiger partial charge in [0.2, 0.25) is 0 Å². The van der Waals surface area contributed by atoms with Crippen LogP contribution in [-0.2, 0) is 12.0 Å². The number of carbonyl (C=O) groups is 1. The van der Waals surface area contributed by atoms with Crippen molar-refractivity contribution in [3.63, 3.8) is 0 Å². The summed E-state index contributed by atoms with van der Waals surface area (Å²) in [6.45, 7) is 8.32. The van der Waals surface area contributed by atoms with Crippen molar-refractivity contribution < 1.29 is 4.79 Å². The van der Waals surface area contributed by atoms with Gasteiger partial charge in [-0.2, -0.15) is 5.10 Å². The molecule has 1 fully saturated rings. The number of likely N-dealkylation sites (tertiary alicyclic amines) is 1. The largest absolute Gasteiger partial charge is 0.361 e. The van der Waals surface area contributed by atoms with Crippen LogP contribution in [0.5, 0.6) is 0 Å². The van der Waals surface area contributed by atoms with Crippen LogP contribution >= 0.6 is 0 Å². The number of carbonyl (C=O) groups excluding carboxylic acids is 1. The first-order chi connectivity index (χ1) is 13.8. The molecule has 2 aromatic heterocycles. The van der Waals surface area contributed by atoms with E-state index in [0.717, 1.165) is 35.0 Å². The Morgan fingerprint density at radius 3 is 2.62 bits per heavy atom. The molecule has 1 saturated heterocycles. The monoisotopic (exact) mass is 392 g/mol. The van der Waals surface area contributed by atoms with E-state index in [4.69, 9.17) is 0 Å². The molecule has 0 bridgehead atoms. The van der Waals surface area contributed by atoms with Crippen molar-refractivity contribution in [2.24, 2.45) is 5.92 Å². The van der Waals surface area contributed by atoms with E-state index in [0.29, 0.717) is 25.6 Å². The third kappa shape index (κ3) is 4.11. The van der Waals surface area contributed by atoms with E-state index >= 15 is 0 Å². The molecule has 6 nitrogen and oxygen atoms in total. The number of aromatic nitrogens is 3. The van der Waals surface area contributed by atoms with Gasteiger partial charge in [-0.3, -0.25) is 9.59 Å². The fraction of sp³-hybridized carbons (Fsp3) is 0.435. The van der Waals surface area contributed by atoms with Gasteiger partial charge in [0.1, 0.15) is 0 Å². The van der Waals surface area contributed by atoms with Gasteiger partial charge in [0.25, 0.3) is 11.5 Å². The Hall–Kier alpha value is -2.89. The molecule has 152 valence electrons. The van der Waals surface area contributed by atoms with Crippen molar-refractivity contribution in [3.05, 3.63) is 64.2 Å². The van der Waals surface area contributed by atoms with Crippen molar-refractivity contribution in [2.75, 3.05) is 13.1 Å². The molecule has 1 N–H and O–H groups in total. The minimum absolute atomic E-state index is 0.0590. The Labute approximate surface area is 170 Å². The van der Waals surface area contributed by atoms with Gasteiger partial charge in [-0.15, -0.1) is 0 Å². The van der Waals surface area contributed by atoms with E-state index in [1.54, 1.807) is 10.7 Å². The van der Waals surface area contributed by atoms with E-state index in [-0.39, 0.29) is 16.9 Å². The number of benzene rings is 1. The van der Waals surface area contributed by atoms with Crippen molar-refractivity contribution in [1.82, 2.24) is 19.7 Å². The highest BCUT2D eigenvalue weighted by Crippen LogP contribution is 2.23. The Balaban J connectivity index is 1.40. The van der Waals surface area contributed by atoms with Crippen LogP contribution in [0.2, 0.25) is 0 Å². The molecule has 0 saturated carbocycles. The summed E-state index contributed by atoms with van der Waals surface area (Å²) in [4.78, 5) is 30.2. The van der Waals surface area contributed by atoms with Gasteiger partial charge in [-0.05, 0) is 49.1 Å². The van der Waals surface area contributed by atoms with Crippen molar-refractivity contribution in [1.29, 1.82) is 0 Å². The number of hydrogen-bond donors (Lipinski definition) is 1. The number of nitrogens with zero attached hydrogens (tertiary/aromatic N) is 3. The molecule has 3 heterocycles. The zero-order chi connectivity index (χ0) is 20.6. The Morgan fingerprint density at radius 2 is 1.90 bits per heavy atom. The van der Waals surface area contributed by atoms with E-state index < -0.39 is 0 Å². The maximum atomic E-state index is 12.9. The SMILES string of the molecule is CC(C)(C)c1ccc(=O)n(CC2CCN(C(=O)c3ccc4[nH]ccc4c3)CC2)n1. The van der Waals surface area contributed by atoms with E-state index in [1.807, 2.05) is 41.4 Å². The summed E-state index contributed by atoms with van der Waals surface area (Å²) in [5.41, 5.74) is 2.54. The minimum atomic E-state index is -0.0915. The average Bonchev–Trinajstić information content (AvgIpc) is 3.16. The van der Waals surface area contributed by atoms with E-state index in [2.05, 4.69) is 30.9 Å². The molecule has 1 aromatic carbocycles. The fourth-order valence-corrected chi connectivity index (χ4v) is 3.91. The smallest absolute Gasteiger partial charge is 0.266 e. The summed E-state index contributed by atoms with van der Waals surface area (Å²) >= 11 is 0. The normalized spacial score (nSPS) is 15.8. The molecular formula is C23H28N4O2. The molecule has 1 aliphatic heterocycles. The number of H-pyrrole nitrogens is 1. The maximum absolute atomic E-state index is 12.9. The van der Waals surface area contributed by atoms with Gasteiger partial charge in [0.15, 0.2) is 0 Å². The number of piperidine rings is 1. The summed E-state index contributed by atoms with van der Waals surface area (Å²) in [7, 11) is 0. The van der Waals surface area contributed by atoms with Crippen LogP contribution in [0.15, 0.2) is 47.4 Å². The lowest BCUT2D eigenvalue weighted by Crippen LogP contribution is -2.40. The number of nitrogens with one attached hydrogen (secondary N) is 1. The molecule has 0 unspecified atom stereocenters. The Bertz CT molecular complexity index is 1080. The predicted octanol–water partition coefficient (Wildman–Crippen LogP) is 3.57. The zero-order valence-electron chi connectivity index (χ0n) is 17.3. The van der Waals surface area contributed by atoms with E-state index in [9.17, 15) is 9.59 Å². The molecule has 4 rings (SSSR count). The van der Waals surface area contributed by atoms with Crippen LogP contribution in [0.4, 0.5) is 0 Å². The first-order valence-corrected chi connectivity index (χ1v) is 10.3. The lowest BCUT2D eigenvalue weighted by Gasteiger charge is -2.32. The molecule has 0 atom stereocenters. The molecule has 3 aromatic rings. The number of fused-ring (bicyclic) bond motifs is 1. The van der Waals surface area contributed by atoms with Crippen LogP contribution in [0.1, 0.15) is 49.7 Å². The fourth-order valence-electron chi connectivity index (χ4n) is 3.91. The summed E-state index contributed by atoms with van der Waals surface area (Å²) in [5.74, 6) is 0.434. The van der Waals surface area contributed by atoms with Gasteiger partial charge in [0, 0.05) is 53.8 Å². The minimum Gasteiger partial charge on any atom is -0.361 e. The second kappa shape index (κ2) is 7.50. The van der Waals surface area contributed by atoms with Crippen LogP contribution in [0, 0.1) is 5.92 Å². The predicted molar refractivity (Wildman–Crippen MR) is 114 cm³/mol. The van der Waals surface area contributed by atoms with Crippen LogP contribution in [-0.4, -0.2) is 38.7 Å². The highest BCUT2D eigenvalue weighted by molar-refractivity contribution is 5.98. The first-order valence-electron chi connectivity index (χ1n) is 10.3. The second-order valence-electron chi connectivity index (χ2n) is 9.00. The van der Waals surface area contributed by atoms with Gasteiger partial charge < -0.3 is 9.88 Å². The molecule has 29 heavy (non-hydrogen) atoms. The highest BCUT2D eigenvalue weighted by Gasteiger charge is 2.25. The summed E-state index contributed by atoms with van der Waals surface area (Å²) in [6, 6.07) is 11.2. The quantitative estimate of drug-likeness (QED) is 0.741. The van der Waals surface area contributed by atoms with Crippen LogP contribution < -0.4 is 5.56 Å². The van der Waals surface area contributed by atoms with Gasteiger partial charge in [-0.25, -0.2) is 4.68 Å². The first kappa shape index (κ1) is 19.4. The standard InChI is InChI=1S/C23H28N4O2/c1-23(2,3)20-6-7-21(28)27(25-20)15-16-9-12-26(13-10-16)22(29)18-4-5-19-17(14-18)8-11-24-19/h4-8,11,14,16,24H,9-10,12-13,15H2,1-3H3. The lowest BCUT2D eigenvalue weighted by molar-refractivity contribution is 0.0680. The van der Waals surface area contributed by atoms with Crippen molar-refractivity contribution in [3.8, 4) is 0 Å². The summed E-state index contributed by atoms with van der Waals surface area (Å²) < 4.78 is 1.60. The van der Waals surface area contributed by atoms with Gasteiger partial charge >= 0.3 is 0 Å². The van der Waals surface area contributed by atoms with Crippen molar-refractivity contribution >= 4 is 16.8 Å². The molecule has 0 radical (unpaired) electrons. The number of amides is 1. The Kier molecular flexibility index (Phi) is 5.03. The second-order valence-corrected chi connectivity index (χ2v) is 9.00. The van der Waals surface area contributed by atoms with Crippen LogP contribution in [0.3, 0.4) is 0 Å². The molecule has 6 heteroatoms.